The Kier molecular flexibility index (Phi) is 32.1. The summed E-state index contributed by atoms with van der Waals surface area (Å²) in [4.78, 5) is 22.5. The molecule has 264 valence electrons. The van der Waals surface area contributed by atoms with E-state index in [1.165, 1.54) is 122 Å². The maximum atomic E-state index is 12.6. The molecule has 0 aliphatic carbocycles. The van der Waals surface area contributed by atoms with Crippen molar-refractivity contribution in [1.82, 2.24) is 0 Å². The van der Waals surface area contributed by atoms with Gasteiger partial charge in [0.25, 0.3) is 0 Å². The van der Waals surface area contributed by atoms with Gasteiger partial charge in [-0.25, -0.2) is 4.57 Å². The highest BCUT2D eigenvalue weighted by Gasteiger charge is 2.25. The molecule has 0 spiro atoms. The quantitative estimate of drug-likeness (QED) is 0.0396. The number of phosphoric ester groups is 1. The van der Waals surface area contributed by atoms with Crippen LogP contribution in [-0.2, 0) is 27.9 Å². The van der Waals surface area contributed by atoms with Crippen molar-refractivity contribution in [3.8, 4) is 0 Å². The SMILES string of the molecule is CCCCCCCCCCCCCCCCOC(COC(=O)C(C)CCCCCCCCCCC)COP(=O)(O)OCCN. The summed E-state index contributed by atoms with van der Waals surface area (Å²) < 4.78 is 33.5. The first-order valence-corrected chi connectivity index (χ1v) is 20.0. The second-order valence-electron chi connectivity index (χ2n) is 12.6. The minimum absolute atomic E-state index is 0.0174. The van der Waals surface area contributed by atoms with Gasteiger partial charge in [0, 0.05) is 13.2 Å². The molecule has 0 radical (unpaired) electrons. The van der Waals surface area contributed by atoms with Gasteiger partial charge in [-0.15, -0.1) is 0 Å². The summed E-state index contributed by atoms with van der Waals surface area (Å²) >= 11 is 0. The average molecular weight is 650 g/mol. The van der Waals surface area contributed by atoms with Crippen LogP contribution in [0.3, 0.4) is 0 Å². The molecule has 3 N–H and O–H groups in total. The van der Waals surface area contributed by atoms with Crippen LogP contribution in [0, 0.1) is 5.92 Å². The Hall–Kier alpha value is -0.500. The van der Waals surface area contributed by atoms with E-state index in [-0.39, 0.29) is 38.3 Å². The number of hydrogen-bond donors (Lipinski definition) is 2. The molecule has 9 heteroatoms. The fourth-order valence-electron chi connectivity index (χ4n) is 5.27. The van der Waals surface area contributed by atoms with Gasteiger partial charge in [0.2, 0.25) is 0 Å². The molecule has 0 aromatic carbocycles. The van der Waals surface area contributed by atoms with Crippen LogP contribution < -0.4 is 5.73 Å². The van der Waals surface area contributed by atoms with Crippen molar-refractivity contribution in [3.63, 3.8) is 0 Å². The molecule has 0 amide bonds. The third-order valence-corrected chi connectivity index (χ3v) is 9.19. The van der Waals surface area contributed by atoms with Crippen LogP contribution in [0.4, 0.5) is 0 Å². The summed E-state index contributed by atoms with van der Waals surface area (Å²) in [6.07, 6.45) is 29.3. The normalized spacial score (nSPS) is 14.4. The molecule has 0 aromatic heterocycles. The summed E-state index contributed by atoms with van der Waals surface area (Å²) in [5.74, 6) is -0.454. The van der Waals surface area contributed by atoms with E-state index in [0.29, 0.717) is 6.61 Å². The van der Waals surface area contributed by atoms with E-state index in [4.69, 9.17) is 24.3 Å². The number of ether oxygens (including phenoxy) is 2. The zero-order chi connectivity index (χ0) is 32.6. The van der Waals surface area contributed by atoms with E-state index in [9.17, 15) is 14.3 Å². The van der Waals surface area contributed by atoms with Crippen LogP contribution in [0.15, 0.2) is 0 Å². The van der Waals surface area contributed by atoms with Crippen molar-refractivity contribution < 1.29 is 32.8 Å². The van der Waals surface area contributed by atoms with Gasteiger partial charge in [0.15, 0.2) is 0 Å². The Labute approximate surface area is 271 Å². The Morgan fingerprint density at radius 2 is 1.07 bits per heavy atom. The Morgan fingerprint density at radius 3 is 1.52 bits per heavy atom. The lowest BCUT2D eigenvalue weighted by Gasteiger charge is -2.21. The zero-order valence-corrected chi connectivity index (χ0v) is 30.0. The lowest BCUT2D eigenvalue weighted by atomic mass is 10.0. The van der Waals surface area contributed by atoms with Crippen molar-refractivity contribution in [2.75, 3.05) is 33.0 Å². The fourth-order valence-corrected chi connectivity index (χ4v) is 6.04. The fraction of sp³-hybridized carbons (Fsp3) is 0.971. The van der Waals surface area contributed by atoms with E-state index >= 15 is 0 Å². The highest BCUT2D eigenvalue weighted by molar-refractivity contribution is 7.47. The van der Waals surface area contributed by atoms with Crippen molar-refractivity contribution >= 4 is 13.8 Å². The first kappa shape index (κ1) is 43.5. The summed E-state index contributed by atoms with van der Waals surface area (Å²) in [7, 11) is -4.24. The molecule has 3 unspecified atom stereocenters. The molecule has 0 aromatic rings. The van der Waals surface area contributed by atoms with Crippen molar-refractivity contribution in [2.24, 2.45) is 11.7 Å². The van der Waals surface area contributed by atoms with E-state index in [1.807, 2.05) is 6.92 Å². The highest BCUT2D eigenvalue weighted by atomic mass is 31.2. The summed E-state index contributed by atoms with van der Waals surface area (Å²) in [5.41, 5.74) is 5.36. The smallest absolute Gasteiger partial charge is 0.463 e. The van der Waals surface area contributed by atoms with Gasteiger partial charge in [-0.2, -0.15) is 0 Å². The molecule has 0 heterocycles. The second-order valence-corrected chi connectivity index (χ2v) is 14.1. The van der Waals surface area contributed by atoms with Crippen LogP contribution in [-0.4, -0.2) is 49.9 Å². The molecule has 0 aliphatic rings. The molecular formula is C35H72NO7P. The van der Waals surface area contributed by atoms with E-state index in [0.717, 1.165) is 32.1 Å². The number of carbonyl (C=O) groups excluding carboxylic acids is 1. The monoisotopic (exact) mass is 650 g/mol. The molecule has 0 bridgehead atoms. The molecule has 0 fully saturated rings. The number of phosphoric acid groups is 1. The third-order valence-electron chi connectivity index (χ3n) is 8.20. The first-order valence-electron chi connectivity index (χ1n) is 18.5. The second kappa shape index (κ2) is 32.4. The zero-order valence-electron chi connectivity index (χ0n) is 29.1. The standard InChI is InChI=1S/C35H72NO7P/c1-4-6-8-10-12-14-15-16-17-18-20-22-24-26-29-40-34(32-43-44(38,39)42-30-28-36)31-41-35(37)33(3)27-25-23-21-19-13-11-9-7-5-2/h33-34H,4-32,36H2,1-3H3,(H,38,39). The predicted octanol–water partition coefficient (Wildman–Crippen LogP) is 10.0. The molecule has 0 rings (SSSR count). The number of carbonyl (C=O) groups is 1. The van der Waals surface area contributed by atoms with Gasteiger partial charge in [0.05, 0.1) is 19.1 Å². The summed E-state index contributed by atoms with van der Waals surface area (Å²) in [6.45, 7) is 6.70. The minimum atomic E-state index is -4.24. The van der Waals surface area contributed by atoms with Crippen molar-refractivity contribution in [3.05, 3.63) is 0 Å². The van der Waals surface area contributed by atoms with E-state index in [1.54, 1.807) is 0 Å². The van der Waals surface area contributed by atoms with Gasteiger partial charge >= 0.3 is 13.8 Å². The minimum Gasteiger partial charge on any atom is -0.463 e. The van der Waals surface area contributed by atoms with Crippen molar-refractivity contribution in [1.29, 1.82) is 0 Å². The maximum Gasteiger partial charge on any atom is 0.472 e. The van der Waals surface area contributed by atoms with E-state index in [2.05, 4.69) is 13.8 Å². The number of unbranched alkanes of at least 4 members (excludes halogenated alkanes) is 21. The summed E-state index contributed by atoms with van der Waals surface area (Å²) in [5, 5.41) is 0. The van der Waals surface area contributed by atoms with Gasteiger partial charge in [-0.1, -0.05) is 162 Å². The Morgan fingerprint density at radius 1 is 0.636 bits per heavy atom. The summed E-state index contributed by atoms with van der Waals surface area (Å²) in [6, 6.07) is 0. The van der Waals surface area contributed by atoms with Crippen LogP contribution in [0.25, 0.3) is 0 Å². The third kappa shape index (κ3) is 30.2. The van der Waals surface area contributed by atoms with Crippen LogP contribution in [0.1, 0.15) is 175 Å². The topological polar surface area (TPSA) is 117 Å². The number of esters is 1. The van der Waals surface area contributed by atoms with Gasteiger partial charge in [-0.3, -0.25) is 13.8 Å². The highest BCUT2D eigenvalue weighted by Crippen LogP contribution is 2.43. The molecule has 44 heavy (non-hydrogen) atoms. The number of hydrogen-bond acceptors (Lipinski definition) is 7. The molecule has 0 saturated heterocycles. The van der Waals surface area contributed by atoms with Gasteiger partial charge in [-0.05, 0) is 12.8 Å². The lowest BCUT2D eigenvalue weighted by Crippen LogP contribution is -2.29. The number of nitrogens with two attached hydrogens (primary N) is 1. The first-order chi connectivity index (χ1) is 21.4. The molecular weight excluding hydrogens is 577 g/mol. The van der Waals surface area contributed by atoms with E-state index < -0.39 is 13.9 Å². The average Bonchev–Trinajstić information content (AvgIpc) is 3.01. The van der Waals surface area contributed by atoms with Crippen LogP contribution in [0.5, 0.6) is 0 Å². The van der Waals surface area contributed by atoms with Crippen molar-refractivity contribution in [2.45, 2.75) is 181 Å². The molecule has 0 saturated carbocycles. The predicted molar refractivity (Wildman–Crippen MR) is 183 cm³/mol. The molecule has 8 nitrogen and oxygen atoms in total. The Bertz CT molecular complexity index is 667. The largest absolute Gasteiger partial charge is 0.472 e. The van der Waals surface area contributed by atoms with Gasteiger partial charge in [0.1, 0.15) is 12.7 Å². The molecule has 0 aliphatic heterocycles. The number of rotatable bonds is 35. The van der Waals surface area contributed by atoms with Gasteiger partial charge < -0.3 is 20.1 Å². The lowest BCUT2D eigenvalue weighted by molar-refractivity contribution is -0.153. The molecule has 3 atom stereocenters. The van der Waals surface area contributed by atoms with Crippen LogP contribution in [0.2, 0.25) is 0 Å². The Balaban J connectivity index is 4.20. The van der Waals surface area contributed by atoms with Crippen LogP contribution >= 0.6 is 7.82 Å². The maximum absolute atomic E-state index is 12.6.